The summed E-state index contributed by atoms with van der Waals surface area (Å²) in [6.45, 7) is 1.03. The molecule has 1 N–H and O–H groups in total. The van der Waals surface area contributed by atoms with Crippen molar-refractivity contribution in [3.63, 3.8) is 0 Å². The van der Waals surface area contributed by atoms with Gasteiger partial charge >= 0.3 is 0 Å². The van der Waals surface area contributed by atoms with Crippen molar-refractivity contribution in [1.29, 1.82) is 0 Å². The lowest BCUT2D eigenvalue weighted by Crippen LogP contribution is -2.36. The predicted octanol–water partition coefficient (Wildman–Crippen LogP) is 3.07. The van der Waals surface area contributed by atoms with Crippen molar-refractivity contribution in [3.8, 4) is 0 Å². The summed E-state index contributed by atoms with van der Waals surface area (Å²) in [6, 6.07) is 11.0. The van der Waals surface area contributed by atoms with Crippen LogP contribution in [0.1, 0.15) is 11.3 Å². The van der Waals surface area contributed by atoms with Gasteiger partial charge in [-0.3, -0.25) is 9.59 Å². The minimum absolute atomic E-state index is 0.147. The van der Waals surface area contributed by atoms with Crippen LogP contribution in [0.3, 0.4) is 0 Å². The monoisotopic (exact) mass is 334 g/mol. The van der Waals surface area contributed by atoms with Crippen molar-refractivity contribution in [3.05, 3.63) is 51.7 Å². The Balaban J connectivity index is 1.63. The van der Waals surface area contributed by atoms with Gasteiger partial charge in [-0.25, -0.2) is 0 Å². The maximum Gasteiger partial charge on any atom is 0.239 e. The molecule has 6 heteroatoms. The normalized spacial score (nSPS) is 17.8. The number of hydrogen-bond acceptors (Lipinski definition) is 3. The summed E-state index contributed by atoms with van der Waals surface area (Å²) in [5.74, 6) is -0.948. The third-order valence-electron chi connectivity index (χ3n) is 3.68. The molecule has 0 saturated carbocycles. The van der Waals surface area contributed by atoms with Crippen molar-refractivity contribution < 1.29 is 9.59 Å². The van der Waals surface area contributed by atoms with Gasteiger partial charge in [0.05, 0.1) is 6.54 Å². The lowest BCUT2D eigenvalue weighted by molar-refractivity contribution is -0.132. The molecule has 2 heterocycles. The van der Waals surface area contributed by atoms with Gasteiger partial charge in [0, 0.05) is 22.1 Å². The largest absolute Gasteiger partial charge is 0.351 e. The second kappa shape index (κ2) is 6.50. The molecule has 1 fully saturated rings. The molecule has 1 aliphatic heterocycles. The minimum atomic E-state index is -0.601. The van der Waals surface area contributed by atoms with Gasteiger partial charge in [0.1, 0.15) is 5.92 Å². The molecule has 1 saturated heterocycles. The summed E-state index contributed by atoms with van der Waals surface area (Å²) < 4.78 is 0. The van der Waals surface area contributed by atoms with E-state index in [0.717, 1.165) is 10.6 Å². The average molecular weight is 335 g/mol. The van der Waals surface area contributed by atoms with Crippen molar-refractivity contribution in [2.24, 2.45) is 5.92 Å². The number of nitrogens with one attached hydrogen (secondary N) is 1. The van der Waals surface area contributed by atoms with Crippen molar-refractivity contribution in [2.75, 3.05) is 11.4 Å². The lowest BCUT2D eigenvalue weighted by atomic mass is 10.1. The molecule has 2 amide bonds. The molecule has 2 aromatic rings. The molecule has 1 aliphatic rings. The number of anilines is 1. The molecule has 1 atom stereocenters. The molecular formula is C16H15ClN2O2S. The number of hydrogen-bond donors (Lipinski definition) is 1. The van der Waals surface area contributed by atoms with Gasteiger partial charge in [-0.1, -0.05) is 17.7 Å². The van der Waals surface area contributed by atoms with E-state index in [1.165, 1.54) is 0 Å². The van der Waals surface area contributed by atoms with E-state index < -0.39 is 5.92 Å². The molecule has 1 aromatic heterocycles. The first-order valence-electron chi connectivity index (χ1n) is 7.02. The van der Waals surface area contributed by atoms with Crippen LogP contribution in [0, 0.1) is 5.92 Å². The first-order chi connectivity index (χ1) is 10.6. The molecule has 1 aromatic carbocycles. The smallest absolute Gasteiger partial charge is 0.239 e. The Hall–Kier alpha value is -1.85. The van der Waals surface area contributed by atoms with Gasteiger partial charge in [-0.2, -0.15) is 0 Å². The third-order valence-corrected chi connectivity index (χ3v) is 4.81. The van der Waals surface area contributed by atoms with Gasteiger partial charge < -0.3 is 10.2 Å². The van der Waals surface area contributed by atoms with Crippen LogP contribution >= 0.6 is 22.9 Å². The Morgan fingerprint density at radius 2 is 2.09 bits per heavy atom. The van der Waals surface area contributed by atoms with E-state index in [0.29, 0.717) is 24.5 Å². The van der Waals surface area contributed by atoms with Crippen LogP contribution in [-0.2, 0) is 16.1 Å². The van der Waals surface area contributed by atoms with Gasteiger partial charge in [-0.15, -0.1) is 11.3 Å². The van der Waals surface area contributed by atoms with Gasteiger partial charge in [0.2, 0.25) is 11.8 Å². The highest BCUT2D eigenvalue weighted by Gasteiger charge is 2.37. The Morgan fingerprint density at radius 1 is 1.32 bits per heavy atom. The first-order valence-corrected chi connectivity index (χ1v) is 8.28. The van der Waals surface area contributed by atoms with Crippen LogP contribution < -0.4 is 10.2 Å². The number of thiophene rings is 1. The van der Waals surface area contributed by atoms with Crippen molar-refractivity contribution in [2.45, 2.75) is 13.0 Å². The average Bonchev–Trinajstić information content (AvgIpc) is 3.15. The molecule has 0 spiro atoms. The molecule has 0 radical (unpaired) electrons. The van der Waals surface area contributed by atoms with Gasteiger partial charge in [-0.05, 0) is 42.1 Å². The second-order valence-electron chi connectivity index (χ2n) is 5.10. The maximum atomic E-state index is 12.4. The van der Waals surface area contributed by atoms with Crippen LogP contribution in [0.4, 0.5) is 5.69 Å². The van der Waals surface area contributed by atoms with Gasteiger partial charge in [0.15, 0.2) is 0 Å². The van der Waals surface area contributed by atoms with Crippen molar-refractivity contribution in [1.82, 2.24) is 5.32 Å². The van der Waals surface area contributed by atoms with Crippen molar-refractivity contribution >= 4 is 40.4 Å². The zero-order valence-electron chi connectivity index (χ0n) is 11.8. The molecule has 0 aliphatic carbocycles. The number of rotatable bonds is 4. The summed E-state index contributed by atoms with van der Waals surface area (Å²) in [7, 11) is 0. The first kappa shape index (κ1) is 15.1. The summed E-state index contributed by atoms with van der Waals surface area (Å²) in [6.07, 6.45) is 0.539. The summed E-state index contributed by atoms with van der Waals surface area (Å²) in [4.78, 5) is 27.4. The Labute approximate surface area is 137 Å². The third kappa shape index (κ3) is 3.15. The van der Waals surface area contributed by atoms with E-state index in [9.17, 15) is 9.59 Å². The summed E-state index contributed by atoms with van der Waals surface area (Å²) >= 11 is 7.44. The minimum Gasteiger partial charge on any atom is -0.351 e. The molecule has 3 rings (SSSR count). The Kier molecular flexibility index (Phi) is 4.45. The highest BCUT2D eigenvalue weighted by Crippen LogP contribution is 2.26. The van der Waals surface area contributed by atoms with Crippen LogP contribution in [0.2, 0.25) is 5.02 Å². The summed E-state index contributed by atoms with van der Waals surface area (Å²) in [5.41, 5.74) is 0.781. The molecule has 22 heavy (non-hydrogen) atoms. The number of amides is 2. The van der Waals surface area contributed by atoms with Gasteiger partial charge in [0.25, 0.3) is 0 Å². The molecule has 4 nitrogen and oxygen atoms in total. The number of carbonyl (C=O) groups excluding carboxylic acids is 2. The zero-order chi connectivity index (χ0) is 15.5. The fourth-order valence-corrected chi connectivity index (χ4v) is 3.28. The van der Waals surface area contributed by atoms with E-state index in [1.54, 1.807) is 40.5 Å². The predicted molar refractivity (Wildman–Crippen MR) is 88.1 cm³/mol. The molecule has 0 unspecified atom stereocenters. The van der Waals surface area contributed by atoms with Crippen LogP contribution in [0.15, 0.2) is 41.8 Å². The Bertz CT molecular complexity index is 670. The SMILES string of the molecule is O=C(NCc1cccs1)[C@@H]1CCN(c2ccc(Cl)cc2)C1=O. The van der Waals surface area contributed by atoms with E-state index in [1.807, 2.05) is 17.5 Å². The topological polar surface area (TPSA) is 49.4 Å². The highest BCUT2D eigenvalue weighted by molar-refractivity contribution is 7.09. The second-order valence-corrected chi connectivity index (χ2v) is 6.57. The summed E-state index contributed by atoms with van der Waals surface area (Å²) in [5, 5.41) is 5.43. The number of halogens is 1. The number of nitrogens with zero attached hydrogens (tertiary/aromatic N) is 1. The fourth-order valence-electron chi connectivity index (χ4n) is 2.51. The van der Waals surface area contributed by atoms with Crippen LogP contribution in [-0.4, -0.2) is 18.4 Å². The quantitative estimate of drug-likeness (QED) is 0.874. The zero-order valence-corrected chi connectivity index (χ0v) is 13.4. The van der Waals surface area contributed by atoms with E-state index in [-0.39, 0.29) is 11.8 Å². The Morgan fingerprint density at radius 3 is 2.77 bits per heavy atom. The highest BCUT2D eigenvalue weighted by atomic mass is 35.5. The van der Waals surface area contributed by atoms with E-state index >= 15 is 0 Å². The van der Waals surface area contributed by atoms with Crippen LogP contribution in [0.5, 0.6) is 0 Å². The van der Waals surface area contributed by atoms with E-state index in [4.69, 9.17) is 11.6 Å². The molecular weight excluding hydrogens is 320 g/mol. The standard InChI is InChI=1S/C16H15ClN2O2S/c17-11-3-5-12(6-4-11)19-8-7-14(16(19)21)15(20)18-10-13-2-1-9-22-13/h1-6,9,14H,7-8,10H2,(H,18,20)/t14-/m0/s1. The number of carbonyl (C=O) groups is 2. The van der Waals surface area contributed by atoms with E-state index in [2.05, 4.69) is 5.32 Å². The molecule has 114 valence electrons. The van der Waals surface area contributed by atoms with Crippen LogP contribution in [0.25, 0.3) is 0 Å². The lowest BCUT2D eigenvalue weighted by Gasteiger charge is -2.16. The number of benzene rings is 1. The maximum absolute atomic E-state index is 12.4. The molecule has 0 bridgehead atoms. The fraction of sp³-hybridized carbons (Fsp3) is 0.250.